The summed E-state index contributed by atoms with van der Waals surface area (Å²) in [4.78, 5) is 28.9. The van der Waals surface area contributed by atoms with Crippen LogP contribution in [0.4, 0.5) is 5.82 Å². The molecule has 2 N–H and O–H groups in total. The predicted molar refractivity (Wildman–Crippen MR) is 66.8 cm³/mol. The Morgan fingerprint density at radius 3 is 2.89 bits per heavy atom. The summed E-state index contributed by atoms with van der Waals surface area (Å²) in [6.45, 7) is 3.52. The number of hydrogen-bond donors (Lipinski definition) is 2. The lowest BCUT2D eigenvalue weighted by Gasteiger charge is -2.02. The van der Waals surface area contributed by atoms with Crippen molar-refractivity contribution in [2.75, 3.05) is 5.32 Å². The minimum atomic E-state index is -0.216. The number of H-pyrrole nitrogens is 1. The average molecular weight is 265 g/mol. The number of nitrogens with zero attached hydrogens (tertiary/aromatic N) is 3. The lowest BCUT2D eigenvalue weighted by molar-refractivity contribution is 0.101. The van der Waals surface area contributed by atoms with Crippen LogP contribution in [0.3, 0.4) is 0 Å². The Morgan fingerprint density at radius 1 is 1.50 bits per heavy atom. The van der Waals surface area contributed by atoms with Crippen LogP contribution in [0.5, 0.6) is 0 Å². The molecule has 2 aromatic rings. The van der Waals surface area contributed by atoms with Crippen molar-refractivity contribution >= 4 is 22.9 Å². The maximum Gasteiger partial charge on any atom is 0.252 e. The number of rotatable bonds is 4. The third-order valence-corrected chi connectivity index (χ3v) is 3.07. The molecular weight excluding hydrogens is 254 g/mol. The highest BCUT2D eigenvalue weighted by atomic mass is 32.1. The van der Waals surface area contributed by atoms with E-state index in [-0.39, 0.29) is 11.3 Å². The standard InChI is InChI=1S/C10H11N5O2S/c1-5(16)10-15-14-9(18-10)4-11-7-3-8(17)13-6(2)12-7/h3H,4H2,1-2H3,(H2,11,12,13,17). The van der Waals surface area contributed by atoms with Crippen LogP contribution >= 0.6 is 11.3 Å². The average Bonchev–Trinajstić information content (AvgIpc) is 2.73. The minimum Gasteiger partial charge on any atom is -0.363 e. The molecule has 0 unspecified atom stereocenters. The molecule has 18 heavy (non-hydrogen) atoms. The number of hydrogen-bond acceptors (Lipinski definition) is 7. The quantitative estimate of drug-likeness (QED) is 0.791. The fourth-order valence-electron chi connectivity index (χ4n) is 1.30. The Labute approximate surface area is 106 Å². The molecule has 2 heterocycles. The monoisotopic (exact) mass is 265 g/mol. The molecule has 2 rings (SSSR count). The van der Waals surface area contributed by atoms with Gasteiger partial charge in [0, 0.05) is 13.0 Å². The maximum absolute atomic E-state index is 11.2. The van der Waals surface area contributed by atoms with Gasteiger partial charge < -0.3 is 10.3 Å². The van der Waals surface area contributed by atoms with Gasteiger partial charge in [0.25, 0.3) is 5.56 Å². The van der Waals surface area contributed by atoms with Crippen LogP contribution in [-0.2, 0) is 6.54 Å². The lowest BCUT2D eigenvalue weighted by Crippen LogP contribution is -2.11. The predicted octanol–water partition coefficient (Wildman–Crippen LogP) is 0.745. The molecule has 0 saturated carbocycles. The molecular formula is C10H11N5O2S. The first-order valence-electron chi connectivity index (χ1n) is 5.20. The van der Waals surface area contributed by atoms with E-state index in [0.717, 1.165) is 0 Å². The smallest absolute Gasteiger partial charge is 0.252 e. The summed E-state index contributed by atoms with van der Waals surface area (Å²) in [6, 6.07) is 1.36. The summed E-state index contributed by atoms with van der Waals surface area (Å²) >= 11 is 1.22. The molecule has 0 bridgehead atoms. The van der Waals surface area contributed by atoms with Crippen molar-refractivity contribution in [2.45, 2.75) is 20.4 Å². The van der Waals surface area contributed by atoms with Crippen molar-refractivity contribution in [3.05, 3.63) is 32.3 Å². The van der Waals surface area contributed by atoms with Gasteiger partial charge in [-0.1, -0.05) is 11.3 Å². The van der Waals surface area contributed by atoms with E-state index in [1.54, 1.807) is 6.92 Å². The highest BCUT2D eigenvalue weighted by molar-refractivity contribution is 7.13. The molecule has 0 aliphatic heterocycles. The Bertz CT molecular complexity index is 633. The zero-order chi connectivity index (χ0) is 13.1. The van der Waals surface area contributed by atoms with E-state index in [9.17, 15) is 9.59 Å². The summed E-state index contributed by atoms with van der Waals surface area (Å²) in [6.07, 6.45) is 0. The zero-order valence-corrected chi connectivity index (χ0v) is 10.7. The van der Waals surface area contributed by atoms with Gasteiger partial charge in [-0.3, -0.25) is 9.59 Å². The summed E-state index contributed by atoms with van der Waals surface area (Å²) in [5, 5.41) is 11.6. The number of aryl methyl sites for hydroxylation is 1. The Morgan fingerprint density at radius 2 is 2.28 bits per heavy atom. The van der Waals surface area contributed by atoms with Gasteiger partial charge in [-0.2, -0.15) is 0 Å². The van der Waals surface area contributed by atoms with Crippen molar-refractivity contribution in [3.8, 4) is 0 Å². The molecule has 0 aliphatic carbocycles. The molecule has 0 radical (unpaired) electrons. The second-order valence-electron chi connectivity index (χ2n) is 3.63. The van der Waals surface area contributed by atoms with Gasteiger partial charge in [0.05, 0.1) is 6.54 Å². The van der Waals surface area contributed by atoms with Crippen LogP contribution in [0.1, 0.15) is 27.6 Å². The number of anilines is 1. The summed E-state index contributed by atoms with van der Waals surface area (Å²) in [5.74, 6) is 0.895. The fraction of sp³-hybridized carbons (Fsp3) is 0.300. The number of carbonyl (C=O) groups excluding carboxylic acids is 1. The van der Waals surface area contributed by atoms with Gasteiger partial charge in [0.15, 0.2) is 10.8 Å². The molecule has 2 aromatic heterocycles. The van der Waals surface area contributed by atoms with E-state index in [2.05, 4.69) is 25.5 Å². The molecule has 0 fully saturated rings. The second-order valence-corrected chi connectivity index (χ2v) is 4.69. The molecule has 0 aromatic carbocycles. The van der Waals surface area contributed by atoms with Gasteiger partial charge in [-0.05, 0) is 6.92 Å². The summed E-state index contributed by atoms with van der Waals surface area (Å²) in [7, 11) is 0. The summed E-state index contributed by atoms with van der Waals surface area (Å²) < 4.78 is 0. The van der Waals surface area contributed by atoms with Crippen molar-refractivity contribution in [1.29, 1.82) is 0 Å². The molecule has 0 aliphatic rings. The third-order valence-electron chi connectivity index (χ3n) is 2.05. The van der Waals surface area contributed by atoms with Crippen LogP contribution < -0.4 is 10.9 Å². The van der Waals surface area contributed by atoms with Crippen LogP contribution in [0.25, 0.3) is 0 Å². The van der Waals surface area contributed by atoms with Crippen LogP contribution in [0.15, 0.2) is 10.9 Å². The Balaban J connectivity index is 2.06. The second kappa shape index (κ2) is 5.05. The molecule has 0 amide bonds. The first kappa shape index (κ1) is 12.4. The topological polar surface area (TPSA) is 101 Å². The molecule has 0 saturated heterocycles. The number of carbonyl (C=O) groups is 1. The number of ketones is 1. The van der Waals surface area contributed by atoms with E-state index in [0.29, 0.717) is 28.2 Å². The Kier molecular flexibility index (Phi) is 3.47. The normalized spacial score (nSPS) is 10.3. The molecule has 7 nitrogen and oxygen atoms in total. The summed E-state index contributed by atoms with van der Waals surface area (Å²) in [5.41, 5.74) is -0.216. The first-order chi connectivity index (χ1) is 8.54. The van der Waals surface area contributed by atoms with Gasteiger partial charge >= 0.3 is 0 Å². The lowest BCUT2D eigenvalue weighted by atomic mass is 10.5. The fourth-order valence-corrected chi connectivity index (χ4v) is 1.98. The number of aromatic amines is 1. The van der Waals surface area contributed by atoms with Crippen LogP contribution in [-0.4, -0.2) is 25.9 Å². The third kappa shape index (κ3) is 2.98. The van der Waals surface area contributed by atoms with E-state index in [4.69, 9.17) is 0 Å². The van der Waals surface area contributed by atoms with E-state index in [1.807, 2.05) is 0 Å². The Hall–Kier alpha value is -2.09. The van der Waals surface area contributed by atoms with Gasteiger partial charge in [-0.25, -0.2) is 4.98 Å². The molecule has 0 spiro atoms. The van der Waals surface area contributed by atoms with E-state index in [1.165, 1.54) is 24.3 Å². The van der Waals surface area contributed by atoms with Crippen LogP contribution in [0.2, 0.25) is 0 Å². The zero-order valence-electron chi connectivity index (χ0n) is 9.85. The first-order valence-corrected chi connectivity index (χ1v) is 6.01. The van der Waals surface area contributed by atoms with Crippen molar-refractivity contribution < 1.29 is 4.79 Å². The van der Waals surface area contributed by atoms with Crippen molar-refractivity contribution in [2.24, 2.45) is 0 Å². The molecule has 0 atom stereocenters. The number of nitrogens with one attached hydrogen (secondary N) is 2. The molecule has 94 valence electrons. The van der Waals surface area contributed by atoms with Crippen LogP contribution in [0, 0.1) is 6.92 Å². The highest BCUT2D eigenvalue weighted by Gasteiger charge is 2.08. The largest absolute Gasteiger partial charge is 0.363 e. The number of Topliss-reactive ketones (excluding diaryl/α,β-unsaturated/α-hetero) is 1. The highest BCUT2D eigenvalue weighted by Crippen LogP contribution is 2.11. The van der Waals surface area contributed by atoms with E-state index >= 15 is 0 Å². The molecule has 8 heteroatoms. The van der Waals surface area contributed by atoms with Crippen molar-refractivity contribution in [1.82, 2.24) is 20.2 Å². The SMILES string of the molecule is CC(=O)c1nnc(CNc2cc(=O)[nH]c(C)n2)s1. The van der Waals surface area contributed by atoms with E-state index < -0.39 is 0 Å². The maximum atomic E-state index is 11.2. The number of aromatic nitrogens is 4. The minimum absolute atomic E-state index is 0.108. The van der Waals surface area contributed by atoms with Gasteiger partial charge in [-0.15, -0.1) is 10.2 Å². The van der Waals surface area contributed by atoms with Gasteiger partial charge in [0.1, 0.15) is 16.6 Å². The van der Waals surface area contributed by atoms with Crippen molar-refractivity contribution in [3.63, 3.8) is 0 Å². The van der Waals surface area contributed by atoms with Gasteiger partial charge in [0.2, 0.25) is 0 Å².